The summed E-state index contributed by atoms with van der Waals surface area (Å²) >= 11 is 3.23. The summed E-state index contributed by atoms with van der Waals surface area (Å²) in [4.78, 5) is 10.7. The van der Waals surface area contributed by atoms with E-state index in [2.05, 4.69) is 15.9 Å². The Bertz CT molecular complexity index is 528. The topological polar surface area (TPSA) is 50.4 Å². The quantitative estimate of drug-likeness (QED) is 0.911. The van der Waals surface area contributed by atoms with E-state index in [-0.39, 0.29) is 6.42 Å². The molecule has 0 unspecified atom stereocenters. The van der Waals surface area contributed by atoms with Crippen LogP contribution in [0.4, 0.5) is 0 Å². The maximum absolute atomic E-state index is 10.7. The minimum absolute atomic E-state index is 0.0311. The van der Waals surface area contributed by atoms with Crippen LogP contribution in [-0.2, 0) is 11.2 Å². The highest BCUT2D eigenvalue weighted by Crippen LogP contribution is 2.30. The fraction of sp³-hybridized carbons (Fsp3) is 0.182. The van der Waals surface area contributed by atoms with Crippen LogP contribution in [0.1, 0.15) is 11.1 Å². The number of halogens is 1. The van der Waals surface area contributed by atoms with Gasteiger partial charge in [0.15, 0.2) is 4.67 Å². The van der Waals surface area contributed by atoms with Crippen molar-refractivity contribution in [1.29, 1.82) is 0 Å². The van der Waals surface area contributed by atoms with Gasteiger partial charge in [0, 0.05) is 10.9 Å². The zero-order chi connectivity index (χ0) is 11.0. The Morgan fingerprint density at radius 3 is 2.93 bits per heavy atom. The van der Waals surface area contributed by atoms with Crippen LogP contribution in [0.5, 0.6) is 0 Å². The van der Waals surface area contributed by atoms with Gasteiger partial charge in [-0.25, -0.2) is 0 Å². The predicted octanol–water partition coefficient (Wildman–Crippen LogP) is 3.13. The lowest BCUT2D eigenvalue weighted by atomic mass is 10.1. The summed E-state index contributed by atoms with van der Waals surface area (Å²) in [5.74, 6) is -0.862. The lowest BCUT2D eigenvalue weighted by Gasteiger charge is -1.94. The standard InChI is InChI=1S/C11H9BrO3/c1-6-2-3-7-8(5-10(13)14)11(12)15-9(7)4-6/h2-4H,5H2,1H3,(H,13,14). The molecule has 3 nitrogen and oxygen atoms in total. The van der Waals surface area contributed by atoms with Crippen molar-refractivity contribution in [1.82, 2.24) is 0 Å². The number of fused-ring (bicyclic) bond motifs is 1. The first kappa shape index (κ1) is 10.2. The van der Waals surface area contributed by atoms with Gasteiger partial charge in [0.25, 0.3) is 0 Å². The van der Waals surface area contributed by atoms with Crippen molar-refractivity contribution in [3.05, 3.63) is 34.0 Å². The minimum Gasteiger partial charge on any atom is -0.481 e. The summed E-state index contributed by atoms with van der Waals surface area (Å²) in [5.41, 5.74) is 2.50. The van der Waals surface area contributed by atoms with Crippen molar-refractivity contribution in [2.24, 2.45) is 0 Å². The van der Waals surface area contributed by atoms with Gasteiger partial charge >= 0.3 is 5.97 Å². The zero-order valence-corrected chi connectivity index (χ0v) is 9.67. The van der Waals surface area contributed by atoms with E-state index in [1.165, 1.54) is 0 Å². The molecule has 1 aromatic carbocycles. The molecule has 0 aliphatic rings. The molecule has 0 saturated heterocycles. The van der Waals surface area contributed by atoms with Gasteiger partial charge in [-0.2, -0.15) is 0 Å². The summed E-state index contributed by atoms with van der Waals surface area (Å²) in [6, 6.07) is 5.72. The molecule has 0 amide bonds. The van der Waals surface area contributed by atoms with Crippen LogP contribution in [0.3, 0.4) is 0 Å². The molecule has 0 radical (unpaired) electrons. The van der Waals surface area contributed by atoms with E-state index in [1.54, 1.807) is 0 Å². The second-order valence-corrected chi connectivity index (χ2v) is 4.14. The molecule has 4 heteroatoms. The number of aliphatic carboxylic acids is 1. The summed E-state index contributed by atoms with van der Waals surface area (Å²) in [7, 11) is 0. The second-order valence-electron chi connectivity index (χ2n) is 3.42. The van der Waals surface area contributed by atoms with E-state index in [1.807, 2.05) is 25.1 Å². The highest BCUT2D eigenvalue weighted by Gasteiger charge is 2.14. The first-order chi connectivity index (χ1) is 7.08. The molecular formula is C11H9BrO3. The Balaban J connectivity index is 2.63. The van der Waals surface area contributed by atoms with Crippen LogP contribution < -0.4 is 0 Å². The van der Waals surface area contributed by atoms with Crippen molar-refractivity contribution < 1.29 is 14.3 Å². The molecule has 0 saturated carbocycles. The SMILES string of the molecule is Cc1ccc2c(CC(=O)O)c(Br)oc2c1. The van der Waals surface area contributed by atoms with Crippen LogP contribution in [0, 0.1) is 6.92 Å². The molecule has 15 heavy (non-hydrogen) atoms. The highest BCUT2D eigenvalue weighted by molar-refractivity contribution is 9.10. The summed E-state index contributed by atoms with van der Waals surface area (Å²) in [6.07, 6.45) is -0.0311. The molecule has 1 heterocycles. The molecule has 1 N–H and O–H groups in total. The Kier molecular flexibility index (Phi) is 2.52. The first-order valence-corrected chi connectivity index (χ1v) is 5.26. The molecule has 0 aliphatic heterocycles. The maximum Gasteiger partial charge on any atom is 0.308 e. The smallest absolute Gasteiger partial charge is 0.308 e. The average molecular weight is 269 g/mol. The molecule has 2 rings (SSSR count). The molecular weight excluding hydrogens is 260 g/mol. The van der Waals surface area contributed by atoms with Crippen LogP contribution >= 0.6 is 15.9 Å². The molecule has 2 aromatic rings. The van der Waals surface area contributed by atoms with Gasteiger partial charge in [0.2, 0.25) is 0 Å². The Hall–Kier alpha value is -1.29. The van der Waals surface area contributed by atoms with E-state index < -0.39 is 5.97 Å². The Morgan fingerprint density at radius 1 is 1.53 bits per heavy atom. The number of furan rings is 1. The fourth-order valence-electron chi connectivity index (χ4n) is 1.54. The monoisotopic (exact) mass is 268 g/mol. The molecule has 0 atom stereocenters. The summed E-state index contributed by atoms with van der Waals surface area (Å²) in [5, 5.41) is 9.62. The van der Waals surface area contributed by atoms with Crippen molar-refractivity contribution in [3.63, 3.8) is 0 Å². The molecule has 0 bridgehead atoms. The lowest BCUT2D eigenvalue weighted by molar-refractivity contribution is -0.136. The third-order valence-corrected chi connectivity index (χ3v) is 2.87. The number of hydrogen-bond acceptors (Lipinski definition) is 2. The van der Waals surface area contributed by atoms with Crippen LogP contribution in [0.2, 0.25) is 0 Å². The summed E-state index contributed by atoms with van der Waals surface area (Å²) < 4.78 is 5.94. The van der Waals surface area contributed by atoms with Crippen molar-refractivity contribution in [3.8, 4) is 0 Å². The Morgan fingerprint density at radius 2 is 2.27 bits per heavy atom. The van der Waals surface area contributed by atoms with E-state index in [0.717, 1.165) is 16.5 Å². The zero-order valence-electron chi connectivity index (χ0n) is 8.08. The number of rotatable bonds is 2. The third-order valence-electron chi connectivity index (χ3n) is 2.23. The average Bonchev–Trinajstić information content (AvgIpc) is 2.41. The van der Waals surface area contributed by atoms with Crippen LogP contribution in [-0.4, -0.2) is 11.1 Å². The Labute approximate surface area is 94.8 Å². The van der Waals surface area contributed by atoms with Crippen molar-refractivity contribution in [2.45, 2.75) is 13.3 Å². The molecule has 78 valence electrons. The first-order valence-electron chi connectivity index (χ1n) is 4.47. The van der Waals surface area contributed by atoms with Gasteiger partial charge in [-0.1, -0.05) is 12.1 Å². The lowest BCUT2D eigenvalue weighted by Crippen LogP contribution is -1.99. The van der Waals surface area contributed by atoms with Crippen LogP contribution in [0.25, 0.3) is 11.0 Å². The number of carboxylic acid groups (broad SMARTS) is 1. The number of carboxylic acids is 1. The fourth-order valence-corrected chi connectivity index (χ4v) is 2.07. The number of carbonyl (C=O) groups is 1. The highest BCUT2D eigenvalue weighted by atomic mass is 79.9. The maximum atomic E-state index is 10.7. The van der Waals surface area contributed by atoms with Crippen molar-refractivity contribution >= 4 is 32.9 Å². The normalized spacial score (nSPS) is 10.8. The van der Waals surface area contributed by atoms with Gasteiger partial charge in [0.1, 0.15) is 5.58 Å². The van der Waals surface area contributed by atoms with Gasteiger partial charge in [-0.3, -0.25) is 4.79 Å². The minimum atomic E-state index is -0.862. The third kappa shape index (κ3) is 1.90. The molecule has 0 aliphatic carbocycles. The van der Waals surface area contributed by atoms with Crippen molar-refractivity contribution in [2.75, 3.05) is 0 Å². The summed E-state index contributed by atoms with van der Waals surface area (Å²) in [6.45, 7) is 1.97. The van der Waals surface area contributed by atoms with Crippen LogP contribution in [0.15, 0.2) is 27.3 Å². The molecule has 0 spiro atoms. The molecule has 1 aromatic heterocycles. The van der Waals surface area contributed by atoms with E-state index in [0.29, 0.717) is 10.2 Å². The predicted molar refractivity (Wildman–Crippen MR) is 60.0 cm³/mol. The second kappa shape index (κ2) is 3.70. The van der Waals surface area contributed by atoms with E-state index in [4.69, 9.17) is 9.52 Å². The van der Waals surface area contributed by atoms with E-state index >= 15 is 0 Å². The van der Waals surface area contributed by atoms with Gasteiger partial charge < -0.3 is 9.52 Å². The molecule has 0 fully saturated rings. The van der Waals surface area contributed by atoms with Gasteiger partial charge in [-0.05, 0) is 34.5 Å². The van der Waals surface area contributed by atoms with Gasteiger partial charge in [-0.15, -0.1) is 0 Å². The number of aryl methyl sites for hydroxylation is 1. The van der Waals surface area contributed by atoms with E-state index in [9.17, 15) is 4.79 Å². The largest absolute Gasteiger partial charge is 0.481 e. The van der Waals surface area contributed by atoms with Gasteiger partial charge in [0.05, 0.1) is 6.42 Å². The number of hydrogen-bond donors (Lipinski definition) is 1. The number of benzene rings is 1.